The third-order valence-electron chi connectivity index (χ3n) is 5.29. The van der Waals surface area contributed by atoms with E-state index in [9.17, 15) is 14.4 Å². The molecule has 2 amide bonds. The molecule has 1 fully saturated rings. The maximum atomic E-state index is 12.7. The van der Waals surface area contributed by atoms with E-state index in [-0.39, 0.29) is 29.2 Å². The normalized spacial score (nSPS) is 21.0. The van der Waals surface area contributed by atoms with Crippen LogP contribution in [0.4, 0.5) is 10.5 Å². The Morgan fingerprint density at radius 1 is 1.08 bits per heavy atom. The highest BCUT2D eigenvalue weighted by atomic mass is 16.2. The minimum absolute atomic E-state index is 0.0318. The second kappa shape index (κ2) is 6.44. The molecule has 0 saturated carbocycles. The number of urea groups is 1. The largest absolute Gasteiger partial charge is 0.324 e. The van der Waals surface area contributed by atoms with Gasteiger partial charge < -0.3 is 14.8 Å². The van der Waals surface area contributed by atoms with Crippen molar-refractivity contribution in [2.24, 2.45) is 5.92 Å². The van der Waals surface area contributed by atoms with Crippen LogP contribution in [0.2, 0.25) is 0 Å². The zero-order valence-electron chi connectivity index (χ0n) is 14.6. The van der Waals surface area contributed by atoms with Crippen molar-refractivity contribution >= 4 is 17.5 Å². The predicted molar refractivity (Wildman–Crippen MR) is 98.6 cm³/mol. The Morgan fingerprint density at radius 3 is 2.69 bits per heavy atom. The molecule has 2 aliphatic heterocycles. The number of hydrogen-bond donors (Lipinski definition) is 1. The van der Waals surface area contributed by atoms with Crippen LogP contribution in [0.3, 0.4) is 0 Å². The summed E-state index contributed by atoms with van der Waals surface area (Å²) in [6.45, 7) is 3.40. The molecule has 26 heavy (non-hydrogen) atoms. The molecule has 134 valence electrons. The number of carbonyl (C=O) groups is 2. The van der Waals surface area contributed by atoms with Crippen molar-refractivity contribution in [3.63, 3.8) is 0 Å². The third-order valence-corrected chi connectivity index (χ3v) is 5.29. The summed E-state index contributed by atoms with van der Waals surface area (Å²) in [5, 5.41) is 2.90. The van der Waals surface area contributed by atoms with E-state index in [0.29, 0.717) is 30.9 Å². The fraction of sp³-hybridized carbons (Fsp3) is 0.350. The lowest BCUT2D eigenvalue weighted by Crippen LogP contribution is -2.50. The Morgan fingerprint density at radius 2 is 1.88 bits per heavy atom. The standard InChI is InChI=1S/C20H21N3O3/c1-13(24)15-4-2-5-17(9-15)21-20(26)22-10-14-8-16(12-22)18-6-3-7-19(25)23(18)11-14/h2-7,9,14,16H,8,10-12H2,1H3,(H,21,26)/t14-,16-/m1/s1. The molecule has 1 N–H and O–H groups in total. The first-order chi connectivity index (χ1) is 12.5. The van der Waals surface area contributed by atoms with Crippen LogP contribution in [0.1, 0.15) is 35.3 Å². The van der Waals surface area contributed by atoms with Gasteiger partial charge in [0.05, 0.1) is 0 Å². The van der Waals surface area contributed by atoms with Crippen molar-refractivity contribution in [2.45, 2.75) is 25.8 Å². The molecule has 0 spiro atoms. The molecular weight excluding hydrogens is 330 g/mol. The maximum absolute atomic E-state index is 12.7. The molecule has 2 aliphatic rings. The SMILES string of the molecule is CC(=O)c1cccc(NC(=O)N2C[C@H]3C[C@H](C2)c2cccc(=O)n2C3)c1. The van der Waals surface area contributed by atoms with Crippen LogP contribution in [-0.2, 0) is 6.54 Å². The van der Waals surface area contributed by atoms with Crippen molar-refractivity contribution in [1.29, 1.82) is 0 Å². The molecule has 6 nitrogen and oxygen atoms in total. The maximum Gasteiger partial charge on any atom is 0.321 e. The van der Waals surface area contributed by atoms with Gasteiger partial charge in [0.2, 0.25) is 0 Å². The van der Waals surface area contributed by atoms with Gasteiger partial charge in [-0.05, 0) is 37.5 Å². The smallest absolute Gasteiger partial charge is 0.321 e. The van der Waals surface area contributed by atoms with Gasteiger partial charge in [0.15, 0.2) is 5.78 Å². The number of likely N-dealkylation sites (tertiary alicyclic amines) is 1. The highest BCUT2D eigenvalue weighted by Gasteiger charge is 2.36. The fourth-order valence-electron chi connectivity index (χ4n) is 4.08. The lowest BCUT2D eigenvalue weighted by Gasteiger charge is -2.42. The summed E-state index contributed by atoms with van der Waals surface area (Å²) in [4.78, 5) is 38.1. The molecule has 2 aromatic rings. The number of anilines is 1. The Labute approximate surface area is 151 Å². The quantitative estimate of drug-likeness (QED) is 0.846. The summed E-state index contributed by atoms with van der Waals surface area (Å²) in [6.07, 6.45) is 1.01. The molecule has 1 aromatic carbocycles. The number of fused-ring (bicyclic) bond motifs is 4. The number of Topliss-reactive ketones (excluding diaryl/α,β-unsaturated/α-hetero) is 1. The van der Waals surface area contributed by atoms with Crippen LogP contribution in [0.5, 0.6) is 0 Å². The van der Waals surface area contributed by atoms with Crippen molar-refractivity contribution in [3.8, 4) is 0 Å². The average Bonchev–Trinajstić information content (AvgIpc) is 2.62. The van der Waals surface area contributed by atoms with Crippen molar-refractivity contribution in [3.05, 3.63) is 64.1 Å². The van der Waals surface area contributed by atoms with E-state index in [1.165, 1.54) is 6.92 Å². The summed E-state index contributed by atoms with van der Waals surface area (Å²) in [5.74, 6) is 0.442. The van der Waals surface area contributed by atoms with Gasteiger partial charge in [0.1, 0.15) is 0 Å². The van der Waals surface area contributed by atoms with Crippen molar-refractivity contribution < 1.29 is 9.59 Å². The van der Waals surface area contributed by atoms with Gasteiger partial charge in [-0.15, -0.1) is 0 Å². The van der Waals surface area contributed by atoms with E-state index in [2.05, 4.69) is 5.32 Å². The number of piperidine rings is 1. The zero-order valence-corrected chi connectivity index (χ0v) is 14.6. The van der Waals surface area contributed by atoms with E-state index >= 15 is 0 Å². The molecule has 3 heterocycles. The highest BCUT2D eigenvalue weighted by molar-refractivity contribution is 5.96. The predicted octanol–water partition coefficient (Wildman–Crippen LogP) is 2.70. The minimum atomic E-state index is -0.160. The van der Waals surface area contributed by atoms with Gasteiger partial charge in [-0.3, -0.25) is 9.59 Å². The molecule has 1 aromatic heterocycles. The van der Waals surface area contributed by atoms with Gasteiger partial charge >= 0.3 is 6.03 Å². The number of hydrogen-bond acceptors (Lipinski definition) is 3. The molecule has 2 atom stereocenters. The van der Waals surface area contributed by atoms with E-state index in [1.54, 1.807) is 36.4 Å². The monoisotopic (exact) mass is 351 g/mol. The van der Waals surface area contributed by atoms with E-state index in [0.717, 1.165) is 12.1 Å². The van der Waals surface area contributed by atoms with Gasteiger partial charge in [0, 0.05) is 48.6 Å². The third kappa shape index (κ3) is 3.03. The van der Waals surface area contributed by atoms with Crippen molar-refractivity contribution in [2.75, 3.05) is 18.4 Å². The number of amides is 2. The summed E-state index contributed by atoms with van der Waals surface area (Å²) in [6, 6.07) is 12.2. The first-order valence-corrected chi connectivity index (χ1v) is 8.88. The summed E-state index contributed by atoms with van der Waals surface area (Å²) >= 11 is 0. The number of benzene rings is 1. The van der Waals surface area contributed by atoms with Crippen LogP contribution in [0.25, 0.3) is 0 Å². The number of pyridine rings is 1. The first-order valence-electron chi connectivity index (χ1n) is 8.88. The van der Waals surface area contributed by atoms with Gasteiger partial charge in [-0.2, -0.15) is 0 Å². The molecule has 0 radical (unpaired) electrons. The fourth-order valence-corrected chi connectivity index (χ4v) is 4.08. The molecule has 0 unspecified atom stereocenters. The number of carbonyl (C=O) groups excluding carboxylic acids is 2. The number of nitrogens with zero attached hydrogens (tertiary/aromatic N) is 2. The van der Waals surface area contributed by atoms with Crippen LogP contribution in [0, 0.1) is 5.92 Å². The second-order valence-corrected chi connectivity index (χ2v) is 7.17. The topological polar surface area (TPSA) is 71.4 Å². The van der Waals surface area contributed by atoms with E-state index in [4.69, 9.17) is 0 Å². The molecule has 6 heteroatoms. The molecular formula is C20H21N3O3. The molecule has 2 bridgehead atoms. The molecule has 0 aliphatic carbocycles. The lowest BCUT2D eigenvalue weighted by molar-refractivity contribution is 0.101. The van der Waals surface area contributed by atoms with Gasteiger partial charge in [-0.25, -0.2) is 4.79 Å². The lowest BCUT2D eigenvalue weighted by atomic mass is 9.83. The van der Waals surface area contributed by atoms with Gasteiger partial charge in [-0.1, -0.05) is 18.2 Å². The van der Waals surface area contributed by atoms with Gasteiger partial charge in [0.25, 0.3) is 5.56 Å². The van der Waals surface area contributed by atoms with Crippen LogP contribution < -0.4 is 10.9 Å². The second-order valence-electron chi connectivity index (χ2n) is 7.17. The number of aromatic nitrogens is 1. The van der Waals surface area contributed by atoms with Crippen LogP contribution >= 0.6 is 0 Å². The number of rotatable bonds is 2. The van der Waals surface area contributed by atoms with Crippen LogP contribution in [-0.4, -0.2) is 34.4 Å². The Hall–Kier alpha value is -2.89. The Bertz CT molecular complexity index is 934. The Kier molecular flexibility index (Phi) is 4.11. The highest BCUT2D eigenvalue weighted by Crippen LogP contribution is 2.35. The van der Waals surface area contributed by atoms with Crippen molar-refractivity contribution in [1.82, 2.24) is 9.47 Å². The van der Waals surface area contributed by atoms with E-state index < -0.39 is 0 Å². The molecule has 4 rings (SSSR count). The van der Waals surface area contributed by atoms with Crippen LogP contribution in [0.15, 0.2) is 47.3 Å². The average molecular weight is 351 g/mol. The van der Waals surface area contributed by atoms with E-state index in [1.807, 2.05) is 15.5 Å². The Balaban J connectivity index is 1.52. The first kappa shape index (κ1) is 16.6. The molecule has 1 saturated heterocycles. The summed E-state index contributed by atoms with van der Waals surface area (Å²) in [7, 11) is 0. The minimum Gasteiger partial charge on any atom is -0.324 e. The summed E-state index contributed by atoms with van der Waals surface area (Å²) in [5.41, 5.74) is 2.25. The number of nitrogens with one attached hydrogen (secondary N) is 1. The summed E-state index contributed by atoms with van der Waals surface area (Å²) < 4.78 is 1.85. The zero-order chi connectivity index (χ0) is 18.3. The number of ketones is 1.